The molecular formula is C19H19N5O. The second-order valence-corrected chi connectivity index (χ2v) is 6.18. The molecule has 0 saturated carbocycles. The van der Waals surface area contributed by atoms with Crippen molar-refractivity contribution in [3.8, 4) is 5.75 Å². The van der Waals surface area contributed by atoms with E-state index in [0.29, 0.717) is 5.95 Å². The van der Waals surface area contributed by atoms with Crippen LogP contribution in [0.3, 0.4) is 0 Å². The van der Waals surface area contributed by atoms with Crippen molar-refractivity contribution in [3.63, 3.8) is 0 Å². The smallest absolute Gasteiger partial charge is 0.226 e. The summed E-state index contributed by atoms with van der Waals surface area (Å²) in [5.41, 5.74) is 3.81. The Balaban J connectivity index is 1.78. The van der Waals surface area contributed by atoms with Crippen LogP contribution in [0, 0.1) is 0 Å². The maximum atomic E-state index is 10.2. The summed E-state index contributed by atoms with van der Waals surface area (Å²) in [6.45, 7) is 0. The number of nitrogens with zero attached hydrogens (tertiary/aromatic N) is 4. The molecule has 2 N–H and O–H groups in total. The van der Waals surface area contributed by atoms with E-state index >= 15 is 0 Å². The number of rotatable bonds is 3. The summed E-state index contributed by atoms with van der Waals surface area (Å²) in [7, 11) is 4.04. The lowest BCUT2D eigenvalue weighted by molar-refractivity contribution is 0.473. The second-order valence-electron chi connectivity index (χ2n) is 6.18. The minimum absolute atomic E-state index is 0.0930. The molecule has 0 spiro atoms. The lowest BCUT2D eigenvalue weighted by Gasteiger charge is -2.25. The first-order chi connectivity index (χ1) is 12.1. The van der Waals surface area contributed by atoms with Crippen molar-refractivity contribution in [2.75, 3.05) is 24.3 Å². The first kappa shape index (κ1) is 15.3. The van der Waals surface area contributed by atoms with Gasteiger partial charge in [-0.05, 0) is 35.9 Å². The van der Waals surface area contributed by atoms with Crippen molar-refractivity contribution in [2.45, 2.75) is 6.04 Å². The number of aromatic hydroxyl groups is 1. The predicted molar refractivity (Wildman–Crippen MR) is 98.6 cm³/mol. The molecule has 0 amide bonds. The molecule has 1 aliphatic heterocycles. The Morgan fingerprint density at radius 2 is 1.84 bits per heavy atom. The summed E-state index contributed by atoms with van der Waals surface area (Å²) in [6, 6.07) is 15.5. The lowest BCUT2D eigenvalue weighted by Crippen LogP contribution is -2.20. The van der Waals surface area contributed by atoms with E-state index in [0.717, 1.165) is 22.5 Å². The molecule has 2 aromatic carbocycles. The summed E-state index contributed by atoms with van der Waals surface area (Å²) >= 11 is 0. The highest BCUT2D eigenvalue weighted by Gasteiger charge is 2.24. The Labute approximate surface area is 146 Å². The molecule has 6 nitrogen and oxygen atoms in total. The zero-order valence-corrected chi connectivity index (χ0v) is 14.1. The number of anilines is 2. The topological polar surface area (TPSA) is 66.2 Å². The highest BCUT2D eigenvalue weighted by Crippen LogP contribution is 2.34. The third kappa shape index (κ3) is 2.71. The summed E-state index contributed by atoms with van der Waals surface area (Å²) < 4.78 is 1.84. The first-order valence-electron chi connectivity index (χ1n) is 8.07. The van der Waals surface area contributed by atoms with Gasteiger partial charge in [0.1, 0.15) is 18.1 Å². The summed E-state index contributed by atoms with van der Waals surface area (Å²) in [5, 5.41) is 17.8. The summed E-state index contributed by atoms with van der Waals surface area (Å²) in [4.78, 5) is 6.36. The van der Waals surface area contributed by atoms with Crippen LogP contribution in [-0.4, -0.2) is 34.0 Å². The molecule has 6 heteroatoms. The van der Waals surface area contributed by atoms with Crippen molar-refractivity contribution in [1.29, 1.82) is 0 Å². The Morgan fingerprint density at radius 1 is 1.08 bits per heavy atom. The van der Waals surface area contributed by atoms with Gasteiger partial charge in [0.25, 0.3) is 0 Å². The van der Waals surface area contributed by atoms with Crippen molar-refractivity contribution in [2.24, 2.45) is 0 Å². The van der Waals surface area contributed by atoms with Gasteiger partial charge in [0, 0.05) is 25.3 Å². The minimum Gasteiger partial charge on any atom is -0.507 e. The fraction of sp³-hybridized carbons (Fsp3) is 0.158. The van der Waals surface area contributed by atoms with Gasteiger partial charge in [0.15, 0.2) is 0 Å². The molecule has 0 unspecified atom stereocenters. The molecule has 0 fully saturated rings. The maximum Gasteiger partial charge on any atom is 0.226 e. The van der Waals surface area contributed by atoms with E-state index in [-0.39, 0.29) is 11.8 Å². The van der Waals surface area contributed by atoms with Gasteiger partial charge >= 0.3 is 0 Å². The molecule has 0 aliphatic carbocycles. The van der Waals surface area contributed by atoms with E-state index in [2.05, 4.69) is 50.6 Å². The lowest BCUT2D eigenvalue weighted by atomic mass is 10.0. The van der Waals surface area contributed by atoms with Crippen molar-refractivity contribution in [3.05, 3.63) is 72.1 Å². The van der Waals surface area contributed by atoms with Crippen LogP contribution < -0.4 is 10.2 Å². The van der Waals surface area contributed by atoms with Crippen LogP contribution in [0.1, 0.15) is 17.2 Å². The second kappa shape index (κ2) is 5.98. The van der Waals surface area contributed by atoms with E-state index in [1.54, 1.807) is 6.07 Å². The van der Waals surface area contributed by atoms with Gasteiger partial charge in [-0.25, -0.2) is 4.68 Å². The third-order valence-electron chi connectivity index (χ3n) is 4.35. The molecule has 126 valence electrons. The van der Waals surface area contributed by atoms with Crippen LogP contribution >= 0.6 is 0 Å². The SMILES string of the molecule is CN(C)c1ccc([C@@H]2C=C(c3ccccc3O)Nc3ncnn32)cc1. The van der Waals surface area contributed by atoms with Crippen LogP contribution in [0.5, 0.6) is 5.75 Å². The number of fused-ring (bicyclic) bond motifs is 1. The predicted octanol–water partition coefficient (Wildman–Crippen LogP) is 3.11. The first-order valence-corrected chi connectivity index (χ1v) is 8.07. The Morgan fingerprint density at radius 3 is 2.56 bits per heavy atom. The van der Waals surface area contributed by atoms with Crippen molar-refractivity contribution in [1.82, 2.24) is 14.8 Å². The van der Waals surface area contributed by atoms with Gasteiger partial charge in [0.2, 0.25) is 5.95 Å². The highest BCUT2D eigenvalue weighted by molar-refractivity contribution is 5.80. The van der Waals surface area contributed by atoms with Crippen LogP contribution in [-0.2, 0) is 0 Å². The Hall–Kier alpha value is -3.28. The van der Waals surface area contributed by atoms with E-state index in [1.165, 1.54) is 6.33 Å². The molecule has 1 aliphatic rings. The molecule has 3 aromatic rings. The van der Waals surface area contributed by atoms with Crippen LogP contribution in [0.4, 0.5) is 11.6 Å². The number of hydrogen-bond acceptors (Lipinski definition) is 5. The third-order valence-corrected chi connectivity index (χ3v) is 4.35. The fourth-order valence-corrected chi connectivity index (χ4v) is 3.00. The van der Waals surface area contributed by atoms with Gasteiger partial charge in [-0.3, -0.25) is 0 Å². The van der Waals surface area contributed by atoms with Crippen LogP contribution in [0.15, 0.2) is 60.9 Å². The van der Waals surface area contributed by atoms with Crippen LogP contribution in [0.25, 0.3) is 5.70 Å². The zero-order valence-electron chi connectivity index (χ0n) is 14.1. The number of aromatic nitrogens is 3. The van der Waals surface area contributed by atoms with Crippen molar-refractivity contribution < 1.29 is 5.11 Å². The van der Waals surface area contributed by atoms with Crippen LogP contribution in [0.2, 0.25) is 0 Å². The average molecular weight is 333 g/mol. The van der Waals surface area contributed by atoms with E-state index < -0.39 is 0 Å². The standard InChI is InChI=1S/C19H19N5O/c1-23(2)14-9-7-13(8-10-14)17-11-16(15-5-3-4-6-18(15)25)22-19-20-12-21-24(17)19/h3-12,17,25H,1-2H3,(H,20,21,22)/t17-/m0/s1. The highest BCUT2D eigenvalue weighted by atomic mass is 16.3. The van der Waals surface area contributed by atoms with Crippen molar-refractivity contribution >= 4 is 17.3 Å². The Kier molecular flexibility index (Phi) is 3.65. The van der Waals surface area contributed by atoms with E-state index in [1.807, 2.05) is 37.0 Å². The molecule has 25 heavy (non-hydrogen) atoms. The number of allylic oxidation sites excluding steroid dienone is 1. The quantitative estimate of drug-likeness (QED) is 0.771. The maximum absolute atomic E-state index is 10.2. The Bertz CT molecular complexity index is 927. The van der Waals surface area contributed by atoms with Gasteiger partial charge in [0.05, 0.1) is 5.70 Å². The average Bonchev–Trinajstić information content (AvgIpc) is 3.10. The monoisotopic (exact) mass is 333 g/mol. The van der Waals surface area contributed by atoms with Gasteiger partial charge in [-0.15, -0.1) is 0 Å². The summed E-state index contributed by atoms with van der Waals surface area (Å²) in [5.74, 6) is 0.887. The zero-order chi connectivity index (χ0) is 17.4. The number of hydrogen-bond donors (Lipinski definition) is 2. The molecule has 2 heterocycles. The number of phenolic OH excluding ortho intramolecular Hbond substituents is 1. The number of phenols is 1. The minimum atomic E-state index is -0.0930. The van der Waals surface area contributed by atoms with E-state index in [9.17, 15) is 5.11 Å². The summed E-state index contributed by atoms with van der Waals surface area (Å²) in [6.07, 6.45) is 3.59. The molecular weight excluding hydrogens is 314 g/mol. The molecule has 4 rings (SSSR count). The molecule has 0 radical (unpaired) electrons. The largest absolute Gasteiger partial charge is 0.507 e. The normalized spacial score (nSPS) is 15.9. The molecule has 0 bridgehead atoms. The van der Waals surface area contributed by atoms with Gasteiger partial charge in [-0.2, -0.15) is 10.1 Å². The fourth-order valence-electron chi connectivity index (χ4n) is 3.00. The number of benzene rings is 2. The molecule has 0 saturated heterocycles. The van der Waals surface area contributed by atoms with Gasteiger partial charge in [-0.1, -0.05) is 24.3 Å². The molecule has 1 atom stereocenters. The number of para-hydroxylation sites is 1. The van der Waals surface area contributed by atoms with Gasteiger partial charge < -0.3 is 15.3 Å². The van der Waals surface area contributed by atoms with E-state index in [4.69, 9.17) is 0 Å². The number of nitrogens with one attached hydrogen (secondary N) is 1. The molecule has 1 aromatic heterocycles.